The molecular formula is C13H17ClN2O2. The first kappa shape index (κ1) is 13.3. The number of hydrogen-bond acceptors (Lipinski definition) is 3. The van der Waals surface area contributed by atoms with Gasteiger partial charge in [-0.2, -0.15) is 0 Å². The van der Waals surface area contributed by atoms with Gasteiger partial charge in [0.15, 0.2) is 0 Å². The first-order valence-electron chi connectivity index (χ1n) is 6.02. The van der Waals surface area contributed by atoms with Gasteiger partial charge in [0.05, 0.1) is 13.2 Å². The highest BCUT2D eigenvalue weighted by atomic mass is 35.5. The largest absolute Gasteiger partial charge is 0.378 e. The van der Waals surface area contributed by atoms with Gasteiger partial charge in [-0.05, 0) is 30.7 Å². The second kappa shape index (κ2) is 6.18. The normalized spacial score (nSPS) is 19.6. The van der Waals surface area contributed by atoms with Gasteiger partial charge in [-0.1, -0.05) is 11.6 Å². The SMILES string of the molecule is Cc1cc(C(=O)NCC2COCCN2)ccc1Cl. The Balaban J connectivity index is 1.88. The van der Waals surface area contributed by atoms with Crippen molar-refractivity contribution in [3.63, 3.8) is 0 Å². The number of ether oxygens (including phenoxy) is 1. The minimum absolute atomic E-state index is 0.0814. The van der Waals surface area contributed by atoms with Crippen LogP contribution < -0.4 is 10.6 Å². The van der Waals surface area contributed by atoms with Crippen LogP contribution in [0.2, 0.25) is 5.02 Å². The molecule has 2 rings (SSSR count). The average molecular weight is 269 g/mol. The zero-order valence-corrected chi connectivity index (χ0v) is 11.1. The molecule has 0 aromatic heterocycles. The Morgan fingerprint density at radius 2 is 2.44 bits per heavy atom. The molecule has 1 saturated heterocycles. The molecule has 0 bridgehead atoms. The molecule has 1 unspecified atom stereocenters. The molecule has 0 saturated carbocycles. The molecule has 1 amide bonds. The van der Waals surface area contributed by atoms with E-state index < -0.39 is 0 Å². The summed E-state index contributed by atoms with van der Waals surface area (Å²) < 4.78 is 5.32. The monoisotopic (exact) mass is 268 g/mol. The van der Waals surface area contributed by atoms with E-state index in [1.165, 1.54) is 0 Å². The van der Waals surface area contributed by atoms with E-state index in [1.807, 2.05) is 6.92 Å². The summed E-state index contributed by atoms with van der Waals surface area (Å²) in [6.07, 6.45) is 0. The molecule has 1 aromatic rings. The number of aryl methyl sites for hydroxylation is 1. The number of carbonyl (C=O) groups excluding carboxylic acids is 1. The van der Waals surface area contributed by atoms with Gasteiger partial charge in [-0.25, -0.2) is 0 Å². The Kier molecular flexibility index (Phi) is 4.58. The standard InChI is InChI=1S/C13H17ClN2O2/c1-9-6-10(2-3-12(9)14)13(17)16-7-11-8-18-5-4-15-11/h2-3,6,11,15H,4-5,7-8H2,1H3,(H,16,17). The lowest BCUT2D eigenvalue weighted by molar-refractivity contribution is 0.0734. The van der Waals surface area contributed by atoms with Crippen molar-refractivity contribution in [3.8, 4) is 0 Å². The third kappa shape index (κ3) is 3.45. The maximum Gasteiger partial charge on any atom is 0.251 e. The maximum atomic E-state index is 11.9. The fourth-order valence-electron chi connectivity index (χ4n) is 1.85. The lowest BCUT2D eigenvalue weighted by Gasteiger charge is -2.23. The highest BCUT2D eigenvalue weighted by molar-refractivity contribution is 6.31. The number of rotatable bonds is 3. The van der Waals surface area contributed by atoms with E-state index in [0.717, 1.165) is 18.7 Å². The molecule has 0 radical (unpaired) electrons. The molecule has 1 fully saturated rings. The third-order valence-corrected chi connectivity index (χ3v) is 3.35. The highest BCUT2D eigenvalue weighted by Gasteiger charge is 2.14. The van der Waals surface area contributed by atoms with Gasteiger partial charge in [-0.3, -0.25) is 4.79 Å². The Morgan fingerprint density at radius 1 is 1.61 bits per heavy atom. The van der Waals surface area contributed by atoms with Crippen LogP contribution in [-0.2, 0) is 4.74 Å². The molecule has 1 heterocycles. The summed E-state index contributed by atoms with van der Waals surface area (Å²) in [7, 11) is 0. The van der Waals surface area contributed by atoms with Crippen molar-refractivity contribution in [1.82, 2.24) is 10.6 Å². The summed E-state index contributed by atoms with van der Waals surface area (Å²) in [5, 5.41) is 6.85. The van der Waals surface area contributed by atoms with Gasteiger partial charge < -0.3 is 15.4 Å². The number of nitrogens with one attached hydrogen (secondary N) is 2. The second-order valence-electron chi connectivity index (χ2n) is 4.40. The van der Waals surface area contributed by atoms with Crippen molar-refractivity contribution in [2.75, 3.05) is 26.3 Å². The number of morpholine rings is 1. The van der Waals surface area contributed by atoms with Gasteiger partial charge in [0.25, 0.3) is 5.91 Å². The zero-order valence-electron chi connectivity index (χ0n) is 10.3. The summed E-state index contributed by atoms with van der Waals surface area (Å²) in [5.41, 5.74) is 1.54. The van der Waals surface area contributed by atoms with E-state index in [-0.39, 0.29) is 11.9 Å². The molecular weight excluding hydrogens is 252 g/mol. The van der Waals surface area contributed by atoms with Crippen LogP contribution in [-0.4, -0.2) is 38.3 Å². The molecule has 5 heteroatoms. The van der Waals surface area contributed by atoms with E-state index in [9.17, 15) is 4.79 Å². The number of carbonyl (C=O) groups is 1. The quantitative estimate of drug-likeness (QED) is 0.871. The predicted molar refractivity (Wildman–Crippen MR) is 71.1 cm³/mol. The first-order valence-corrected chi connectivity index (χ1v) is 6.40. The van der Waals surface area contributed by atoms with Gasteiger partial charge in [0.1, 0.15) is 0 Å². The lowest BCUT2D eigenvalue weighted by Crippen LogP contribution is -2.48. The molecule has 0 spiro atoms. The van der Waals surface area contributed by atoms with Crippen LogP contribution in [0.3, 0.4) is 0 Å². The zero-order chi connectivity index (χ0) is 13.0. The molecule has 0 aliphatic carbocycles. The van der Waals surface area contributed by atoms with E-state index in [4.69, 9.17) is 16.3 Å². The third-order valence-electron chi connectivity index (χ3n) is 2.93. The molecule has 18 heavy (non-hydrogen) atoms. The van der Waals surface area contributed by atoms with Crippen molar-refractivity contribution in [2.45, 2.75) is 13.0 Å². The van der Waals surface area contributed by atoms with Gasteiger partial charge >= 0.3 is 0 Å². The van der Waals surface area contributed by atoms with E-state index in [0.29, 0.717) is 23.7 Å². The van der Waals surface area contributed by atoms with Crippen LogP contribution in [0, 0.1) is 6.92 Å². The van der Waals surface area contributed by atoms with Crippen LogP contribution >= 0.6 is 11.6 Å². The number of halogens is 1. The molecule has 98 valence electrons. The molecule has 1 aromatic carbocycles. The highest BCUT2D eigenvalue weighted by Crippen LogP contribution is 2.16. The maximum absolute atomic E-state index is 11.9. The van der Waals surface area contributed by atoms with E-state index >= 15 is 0 Å². The summed E-state index contributed by atoms with van der Waals surface area (Å²) in [5.74, 6) is -0.0814. The Morgan fingerprint density at radius 3 is 3.11 bits per heavy atom. The molecule has 2 N–H and O–H groups in total. The van der Waals surface area contributed by atoms with Crippen LogP contribution in [0.25, 0.3) is 0 Å². The summed E-state index contributed by atoms with van der Waals surface area (Å²) in [6.45, 7) is 4.66. The minimum Gasteiger partial charge on any atom is -0.378 e. The molecule has 1 atom stereocenters. The Bertz CT molecular complexity index is 431. The first-order chi connectivity index (χ1) is 8.66. The van der Waals surface area contributed by atoms with Gasteiger partial charge in [-0.15, -0.1) is 0 Å². The van der Waals surface area contributed by atoms with Gasteiger partial charge in [0, 0.05) is 29.7 Å². The Labute approximate surface area is 112 Å². The van der Waals surface area contributed by atoms with Crippen LogP contribution in [0.1, 0.15) is 15.9 Å². The van der Waals surface area contributed by atoms with E-state index in [1.54, 1.807) is 18.2 Å². The topological polar surface area (TPSA) is 50.4 Å². The summed E-state index contributed by atoms with van der Waals surface area (Å²) >= 11 is 5.93. The molecule has 1 aliphatic rings. The fraction of sp³-hybridized carbons (Fsp3) is 0.462. The van der Waals surface area contributed by atoms with Crippen molar-refractivity contribution >= 4 is 17.5 Å². The summed E-state index contributed by atoms with van der Waals surface area (Å²) in [4.78, 5) is 11.9. The smallest absolute Gasteiger partial charge is 0.251 e. The van der Waals surface area contributed by atoms with Crippen molar-refractivity contribution in [1.29, 1.82) is 0 Å². The lowest BCUT2D eigenvalue weighted by atomic mass is 10.1. The number of amides is 1. The molecule has 4 nitrogen and oxygen atoms in total. The number of hydrogen-bond donors (Lipinski definition) is 2. The minimum atomic E-state index is -0.0814. The van der Waals surface area contributed by atoms with Crippen molar-refractivity contribution in [2.24, 2.45) is 0 Å². The summed E-state index contributed by atoms with van der Waals surface area (Å²) in [6, 6.07) is 5.46. The van der Waals surface area contributed by atoms with Crippen molar-refractivity contribution in [3.05, 3.63) is 34.3 Å². The number of benzene rings is 1. The second-order valence-corrected chi connectivity index (χ2v) is 4.81. The van der Waals surface area contributed by atoms with Crippen LogP contribution in [0.4, 0.5) is 0 Å². The van der Waals surface area contributed by atoms with Crippen LogP contribution in [0.15, 0.2) is 18.2 Å². The van der Waals surface area contributed by atoms with E-state index in [2.05, 4.69) is 10.6 Å². The average Bonchev–Trinajstić information content (AvgIpc) is 2.40. The molecule has 1 aliphatic heterocycles. The fourth-order valence-corrected chi connectivity index (χ4v) is 1.97. The Hall–Kier alpha value is -1.10. The predicted octanol–water partition coefficient (Wildman–Crippen LogP) is 1.37. The van der Waals surface area contributed by atoms with Gasteiger partial charge in [0.2, 0.25) is 0 Å². The van der Waals surface area contributed by atoms with Crippen LogP contribution in [0.5, 0.6) is 0 Å². The van der Waals surface area contributed by atoms with Crippen molar-refractivity contribution < 1.29 is 9.53 Å².